The van der Waals surface area contributed by atoms with Crippen LogP contribution >= 0.6 is 11.6 Å². The van der Waals surface area contributed by atoms with Gasteiger partial charge in [-0.2, -0.15) is 0 Å². The number of aliphatic hydroxyl groups is 1. The summed E-state index contributed by atoms with van der Waals surface area (Å²) < 4.78 is 5.81. The molecule has 2 N–H and O–H groups in total. The molecule has 0 spiro atoms. The van der Waals surface area contributed by atoms with E-state index in [1.54, 1.807) is 6.07 Å². The third kappa shape index (κ3) is 3.99. The molecule has 128 valence electrons. The highest BCUT2D eigenvalue weighted by Gasteiger charge is 2.38. The van der Waals surface area contributed by atoms with Crippen molar-refractivity contribution in [3.63, 3.8) is 0 Å². The Morgan fingerprint density at radius 1 is 1.39 bits per heavy atom. The lowest BCUT2D eigenvalue weighted by Gasteiger charge is -2.40. The minimum absolute atomic E-state index is 0.0760. The zero-order valence-corrected chi connectivity index (χ0v) is 14.5. The Bertz CT molecular complexity index is 556. The number of phenols is 1. The summed E-state index contributed by atoms with van der Waals surface area (Å²) in [5.41, 5.74) is -0.628. The van der Waals surface area contributed by atoms with E-state index >= 15 is 0 Å². The first-order valence-electron chi connectivity index (χ1n) is 8.22. The van der Waals surface area contributed by atoms with E-state index in [4.69, 9.17) is 16.3 Å². The minimum atomic E-state index is -0.704. The molecule has 0 bridgehead atoms. The van der Waals surface area contributed by atoms with Crippen LogP contribution in [0.2, 0.25) is 5.02 Å². The molecule has 1 aliphatic rings. The standard InChI is InChI=1S/C18H25ClO4/c1-3-18(2,22)14-7-5-4-6-12(14)11-23-16-9-8-15(19)17(21)13(16)10-20/h8-10,12,14,21-22H,3-7,11H2,1-2H3. The topological polar surface area (TPSA) is 66.8 Å². The van der Waals surface area contributed by atoms with Crippen molar-refractivity contribution < 1.29 is 19.7 Å². The second-order valence-electron chi connectivity index (χ2n) is 6.60. The quantitative estimate of drug-likeness (QED) is 0.761. The molecule has 5 heteroatoms. The van der Waals surface area contributed by atoms with Gasteiger partial charge in [0.05, 0.1) is 22.8 Å². The first-order chi connectivity index (χ1) is 10.9. The molecule has 0 aromatic heterocycles. The summed E-state index contributed by atoms with van der Waals surface area (Å²) >= 11 is 5.82. The van der Waals surface area contributed by atoms with Crippen LogP contribution in [0.5, 0.6) is 11.5 Å². The molecule has 2 rings (SSSR count). The summed E-state index contributed by atoms with van der Waals surface area (Å²) in [7, 11) is 0. The predicted molar refractivity (Wildman–Crippen MR) is 90.4 cm³/mol. The Hall–Kier alpha value is -1.26. The van der Waals surface area contributed by atoms with Crippen LogP contribution in [0.3, 0.4) is 0 Å². The minimum Gasteiger partial charge on any atom is -0.505 e. The predicted octanol–water partition coefficient (Wildman–Crippen LogP) is 4.20. The smallest absolute Gasteiger partial charge is 0.157 e. The van der Waals surface area contributed by atoms with Gasteiger partial charge in [0.1, 0.15) is 11.5 Å². The Labute approximate surface area is 142 Å². The van der Waals surface area contributed by atoms with Crippen molar-refractivity contribution in [2.45, 2.75) is 51.6 Å². The molecular formula is C18H25ClO4. The number of ether oxygens (including phenoxy) is 1. The van der Waals surface area contributed by atoms with E-state index in [1.165, 1.54) is 6.07 Å². The van der Waals surface area contributed by atoms with Gasteiger partial charge in [-0.15, -0.1) is 0 Å². The molecular weight excluding hydrogens is 316 g/mol. The molecule has 23 heavy (non-hydrogen) atoms. The van der Waals surface area contributed by atoms with Crippen molar-refractivity contribution >= 4 is 17.9 Å². The molecule has 0 aliphatic heterocycles. The lowest BCUT2D eigenvalue weighted by Crippen LogP contribution is -2.42. The van der Waals surface area contributed by atoms with Crippen LogP contribution in [0.25, 0.3) is 0 Å². The molecule has 1 fully saturated rings. The zero-order chi connectivity index (χ0) is 17.0. The number of benzene rings is 1. The highest BCUT2D eigenvalue weighted by atomic mass is 35.5. The van der Waals surface area contributed by atoms with Gasteiger partial charge in [0, 0.05) is 0 Å². The number of hydrogen-bond acceptors (Lipinski definition) is 4. The summed E-state index contributed by atoms with van der Waals surface area (Å²) in [5.74, 6) is 0.500. The average Bonchev–Trinajstić information content (AvgIpc) is 2.56. The number of aldehydes is 1. The van der Waals surface area contributed by atoms with Gasteiger partial charge in [-0.05, 0) is 50.2 Å². The van der Waals surface area contributed by atoms with Crippen LogP contribution in [0, 0.1) is 11.8 Å². The second-order valence-corrected chi connectivity index (χ2v) is 7.01. The Kier molecular flexibility index (Phi) is 5.93. The Morgan fingerprint density at radius 2 is 2.09 bits per heavy atom. The fourth-order valence-corrected chi connectivity index (χ4v) is 3.65. The van der Waals surface area contributed by atoms with Crippen LogP contribution in [-0.2, 0) is 0 Å². The summed E-state index contributed by atoms with van der Waals surface area (Å²) in [6.07, 6.45) is 5.49. The first-order valence-corrected chi connectivity index (χ1v) is 8.60. The Morgan fingerprint density at radius 3 is 2.74 bits per heavy atom. The van der Waals surface area contributed by atoms with E-state index in [1.807, 2.05) is 13.8 Å². The molecule has 0 saturated heterocycles. The molecule has 1 aliphatic carbocycles. The average molecular weight is 341 g/mol. The van der Waals surface area contributed by atoms with Crippen molar-refractivity contribution in [2.75, 3.05) is 6.61 Å². The van der Waals surface area contributed by atoms with Crippen LogP contribution < -0.4 is 4.74 Å². The van der Waals surface area contributed by atoms with Gasteiger partial charge in [-0.25, -0.2) is 0 Å². The molecule has 1 aromatic rings. The van der Waals surface area contributed by atoms with Gasteiger partial charge in [0.15, 0.2) is 6.29 Å². The van der Waals surface area contributed by atoms with E-state index in [0.717, 1.165) is 25.7 Å². The molecule has 0 radical (unpaired) electrons. The van der Waals surface area contributed by atoms with Gasteiger partial charge in [-0.1, -0.05) is 31.4 Å². The van der Waals surface area contributed by atoms with Gasteiger partial charge in [0.2, 0.25) is 0 Å². The number of rotatable bonds is 6. The summed E-state index contributed by atoms with van der Waals surface area (Å²) in [5, 5.41) is 20.6. The molecule has 0 heterocycles. The van der Waals surface area contributed by atoms with E-state index in [9.17, 15) is 15.0 Å². The van der Waals surface area contributed by atoms with E-state index in [0.29, 0.717) is 25.1 Å². The highest BCUT2D eigenvalue weighted by molar-refractivity contribution is 6.32. The molecule has 3 unspecified atom stereocenters. The third-order valence-electron chi connectivity index (χ3n) is 5.12. The molecule has 1 aromatic carbocycles. The number of aromatic hydroxyl groups is 1. The number of phenolic OH excluding ortho intramolecular Hbond substituents is 1. The van der Waals surface area contributed by atoms with Gasteiger partial charge in [-0.3, -0.25) is 4.79 Å². The maximum Gasteiger partial charge on any atom is 0.157 e. The summed E-state index contributed by atoms with van der Waals surface area (Å²) in [6.45, 7) is 4.30. The fraction of sp³-hybridized carbons (Fsp3) is 0.611. The number of halogens is 1. The van der Waals surface area contributed by atoms with E-state index in [-0.39, 0.29) is 28.2 Å². The van der Waals surface area contributed by atoms with Gasteiger partial charge in [0.25, 0.3) is 0 Å². The lowest BCUT2D eigenvalue weighted by molar-refractivity contribution is -0.0543. The Balaban J connectivity index is 2.13. The van der Waals surface area contributed by atoms with Crippen molar-refractivity contribution in [1.82, 2.24) is 0 Å². The second kappa shape index (κ2) is 7.54. The molecule has 3 atom stereocenters. The highest BCUT2D eigenvalue weighted by Crippen LogP contribution is 2.40. The fourth-order valence-electron chi connectivity index (χ4n) is 3.49. The number of carbonyl (C=O) groups excluding carboxylic acids is 1. The van der Waals surface area contributed by atoms with E-state index in [2.05, 4.69) is 0 Å². The molecule has 1 saturated carbocycles. The van der Waals surface area contributed by atoms with Crippen LogP contribution in [0.15, 0.2) is 12.1 Å². The maximum absolute atomic E-state index is 11.2. The zero-order valence-electron chi connectivity index (χ0n) is 13.7. The summed E-state index contributed by atoms with van der Waals surface area (Å²) in [6, 6.07) is 3.11. The SMILES string of the molecule is CCC(C)(O)C1CCCCC1COc1ccc(Cl)c(O)c1C=O. The van der Waals surface area contributed by atoms with Gasteiger partial charge < -0.3 is 14.9 Å². The largest absolute Gasteiger partial charge is 0.505 e. The monoisotopic (exact) mass is 340 g/mol. The van der Waals surface area contributed by atoms with Crippen molar-refractivity contribution in [1.29, 1.82) is 0 Å². The summed E-state index contributed by atoms with van der Waals surface area (Å²) in [4.78, 5) is 11.2. The van der Waals surface area contributed by atoms with Crippen molar-refractivity contribution in [3.8, 4) is 11.5 Å². The molecule has 4 nitrogen and oxygen atoms in total. The number of carbonyl (C=O) groups is 1. The van der Waals surface area contributed by atoms with E-state index < -0.39 is 5.60 Å². The third-order valence-corrected chi connectivity index (χ3v) is 5.43. The lowest BCUT2D eigenvalue weighted by atomic mass is 9.70. The molecule has 0 amide bonds. The van der Waals surface area contributed by atoms with Crippen molar-refractivity contribution in [3.05, 3.63) is 22.7 Å². The van der Waals surface area contributed by atoms with Crippen LogP contribution in [0.1, 0.15) is 56.3 Å². The van der Waals surface area contributed by atoms with Crippen molar-refractivity contribution in [2.24, 2.45) is 11.8 Å². The van der Waals surface area contributed by atoms with Gasteiger partial charge >= 0.3 is 0 Å². The van der Waals surface area contributed by atoms with Crippen LogP contribution in [-0.4, -0.2) is 28.7 Å². The maximum atomic E-state index is 11.2. The van der Waals surface area contributed by atoms with Crippen LogP contribution in [0.4, 0.5) is 0 Å². The number of hydrogen-bond donors (Lipinski definition) is 2. The first kappa shape index (κ1) is 18.1. The normalized spacial score (nSPS) is 24.0.